The second-order valence-electron chi connectivity index (χ2n) is 15.5. The van der Waals surface area contributed by atoms with Crippen molar-refractivity contribution in [2.45, 2.75) is 125 Å². The van der Waals surface area contributed by atoms with Crippen LogP contribution in [-0.2, 0) is 32.0 Å². The number of anilines is 1. The van der Waals surface area contributed by atoms with Gasteiger partial charge in [0, 0.05) is 61.1 Å². The van der Waals surface area contributed by atoms with Crippen LogP contribution in [0, 0.1) is 24.6 Å². The largest absolute Gasteiger partial charge is 0.481 e. The van der Waals surface area contributed by atoms with Gasteiger partial charge in [0.15, 0.2) is 0 Å². The van der Waals surface area contributed by atoms with Gasteiger partial charge in [0.05, 0.1) is 17.8 Å². The lowest BCUT2D eigenvalue weighted by Crippen LogP contribution is -2.49. The van der Waals surface area contributed by atoms with Gasteiger partial charge in [0.25, 0.3) is 11.8 Å². The topological polar surface area (TPSA) is 145 Å². The number of nitrogens with two attached hydrogens (primary N) is 1. The molecule has 0 saturated heterocycles. The summed E-state index contributed by atoms with van der Waals surface area (Å²) in [5.74, 6) is -0.0251. The highest BCUT2D eigenvalue weighted by atomic mass is 35.5. The zero-order valence-electron chi connectivity index (χ0n) is 38.0. The second-order valence-corrected chi connectivity index (χ2v) is 15.9. The third kappa shape index (κ3) is 14.1. The molecule has 1 aromatic heterocycles. The number of pyridine rings is 1. The minimum atomic E-state index is -0.625. The zero-order valence-corrected chi connectivity index (χ0v) is 38.8. The number of aromatic nitrogens is 1. The van der Waals surface area contributed by atoms with Crippen LogP contribution in [0.15, 0.2) is 48.0 Å². The van der Waals surface area contributed by atoms with Gasteiger partial charge >= 0.3 is 0 Å². The van der Waals surface area contributed by atoms with E-state index in [-0.39, 0.29) is 40.1 Å². The Morgan fingerprint density at radius 2 is 1.70 bits per heavy atom. The molecule has 1 aliphatic carbocycles. The molecular formula is C48H71ClFN5O5. The van der Waals surface area contributed by atoms with Crippen LogP contribution in [0.5, 0.6) is 5.88 Å². The number of hydrogen-bond donors (Lipinski definition) is 4. The number of fused-ring (bicyclic) bond motifs is 1. The number of carbonyl (C=O) groups is 3. The number of rotatable bonds is 18. The Kier molecular flexibility index (Phi) is 22.6. The molecule has 5 N–H and O–H groups in total. The average molecular weight is 853 g/mol. The molecule has 0 fully saturated rings. The molecule has 0 spiro atoms. The van der Waals surface area contributed by atoms with E-state index >= 15 is 4.39 Å². The third-order valence-electron chi connectivity index (χ3n) is 11.5. The monoisotopic (exact) mass is 852 g/mol. The molecule has 2 aromatic carbocycles. The van der Waals surface area contributed by atoms with E-state index in [4.69, 9.17) is 26.8 Å². The number of likely N-dealkylation sites (N-methyl/N-ethyl adjacent to an activating group) is 1. The fourth-order valence-electron chi connectivity index (χ4n) is 6.97. The Labute approximate surface area is 364 Å². The van der Waals surface area contributed by atoms with Crippen molar-refractivity contribution in [2.75, 3.05) is 39.7 Å². The molecule has 1 aliphatic rings. The zero-order chi connectivity index (χ0) is 45.0. The van der Waals surface area contributed by atoms with Crippen molar-refractivity contribution in [3.05, 3.63) is 75.6 Å². The first kappa shape index (κ1) is 51.8. The van der Waals surface area contributed by atoms with Crippen molar-refractivity contribution in [2.24, 2.45) is 17.6 Å². The van der Waals surface area contributed by atoms with Gasteiger partial charge < -0.3 is 31.2 Å². The lowest BCUT2D eigenvalue weighted by atomic mass is 9.84. The van der Waals surface area contributed by atoms with Gasteiger partial charge in [0.1, 0.15) is 11.4 Å². The molecule has 2 atom stereocenters. The number of nitrogens with one attached hydrogen (secondary N) is 3. The minimum absolute atomic E-state index is 0.0178. The number of ether oxygens (including phenoxy) is 2. The van der Waals surface area contributed by atoms with E-state index in [0.29, 0.717) is 34.0 Å². The van der Waals surface area contributed by atoms with Crippen LogP contribution in [0.3, 0.4) is 0 Å². The normalized spacial score (nSPS) is 13.1. The van der Waals surface area contributed by atoms with Crippen LogP contribution in [0.1, 0.15) is 117 Å². The summed E-state index contributed by atoms with van der Waals surface area (Å²) in [6, 6.07) is 10.0. The number of halogens is 2. The number of benzene rings is 2. The second kappa shape index (κ2) is 26.1. The molecule has 0 saturated carbocycles. The van der Waals surface area contributed by atoms with E-state index in [1.165, 1.54) is 32.0 Å². The van der Waals surface area contributed by atoms with Crippen molar-refractivity contribution < 1.29 is 28.2 Å². The summed E-state index contributed by atoms with van der Waals surface area (Å²) in [5, 5.41) is 8.68. The smallest absolute Gasteiger partial charge is 0.260 e. The first-order valence-electron chi connectivity index (χ1n) is 21.6. The van der Waals surface area contributed by atoms with Gasteiger partial charge in [-0.3, -0.25) is 14.4 Å². The SMILES string of the molecule is CCC(C)CCC(CC)(CC)NC(=O)C(C)CC.CCCOC.CNC(=O)/C(=C\CN)C(=O)Nc1cccc(-c2c(F)ccc(-c3cc4c(c(OC)n3)CCC4)c2Cl)c1C. The van der Waals surface area contributed by atoms with Crippen molar-refractivity contribution >= 4 is 35.0 Å². The maximum Gasteiger partial charge on any atom is 0.260 e. The van der Waals surface area contributed by atoms with E-state index < -0.39 is 17.6 Å². The Morgan fingerprint density at radius 1 is 1.00 bits per heavy atom. The summed E-state index contributed by atoms with van der Waals surface area (Å²) >= 11 is 6.83. The van der Waals surface area contributed by atoms with E-state index in [2.05, 4.69) is 62.5 Å². The Bertz CT molecular complexity index is 1890. The first-order chi connectivity index (χ1) is 28.7. The molecule has 60 heavy (non-hydrogen) atoms. The summed E-state index contributed by atoms with van der Waals surface area (Å²) in [5.41, 5.74) is 10.5. The quantitative estimate of drug-likeness (QED) is 0.0567. The molecule has 332 valence electrons. The van der Waals surface area contributed by atoms with Crippen LogP contribution in [0.2, 0.25) is 5.02 Å². The number of carbonyl (C=O) groups excluding carboxylic acids is 3. The number of aryl methyl sites for hydroxylation is 1. The van der Waals surface area contributed by atoms with Gasteiger partial charge in [0.2, 0.25) is 11.8 Å². The van der Waals surface area contributed by atoms with E-state index in [9.17, 15) is 14.4 Å². The summed E-state index contributed by atoms with van der Waals surface area (Å²) in [6.07, 6.45) is 11.8. The highest BCUT2D eigenvalue weighted by Gasteiger charge is 2.30. The van der Waals surface area contributed by atoms with Crippen LogP contribution in [0.25, 0.3) is 22.4 Å². The molecule has 12 heteroatoms. The lowest BCUT2D eigenvalue weighted by molar-refractivity contribution is -0.127. The van der Waals surface area contributed by atoms with Gasteiger partial charge in [-0.2, -0.15) is 0 Å². The predicted molar refractivity (Wildman–Crippen MR) is 245 cm³/mol. The predicted octanol–water partition coefficient (Wildman–Crippen LogP) is 10.2. The summed E-state index contributed by atoms with van der Waals surface area (Å²) in [4.78, 5) is 41.7. The van der Waals surface area contributed by atoms with Crippen LogP contribution < -0.4 is 26.4 Å². The molecule has 0 radical (unpaired) electrons. The summed E-state index contributed by atoms with van der Waals surface area (Å²) < 4.78 is 25.5. The molecular weight excluding hydrogens is 781 g/mol. The van der Waals surface area contributed by atoms with Gasteiger partial charge in [-0.15, -0.1) is 0 Å². The van der Waals surface area contributed by atoms with Crippen LogP contribution in [0.4, 0.5) is 10.1 Å². The number of nitrogens with zero attached hydrogens (tertiary/aromatic N) is 1. The van der Waals surface area contributed by atoms with Gasteiger partial charge in [-0.25, -0.2) is 9.37 Å². The van der Waals surface area contributed by atoms with Crippen molar-refractivity contribution in [1.82, 2.24) is 15.6 Å². The molecule has 1 heterocycles. The Morgan fingerprint density at radius 3 is 2.25 bits per heavy atom. The summed E-state index contributed by atoms with van der Waals surface area (Å²) in [7, 11) is 4.72. The summed E-state index contributed by atoms with van der Waals surface area (Å²) in [6.45, 7) is 17.7. The van der Waals surface area contributed by atoms with Crippen molar-refractivity contribution in [3.63, 3.8) is 0 Å². The van der Waals surface area contributed by atoms with E-state index in [1.54, 1.807) is 45.4 Å². The molecule has 3 amide bonds. The maximum absolute atomic E-state index is 15.3. The highest BCUT2D eigenvalue weighted by molar-refractivity contribution is 6.36. The highest BCUT2D eigenvalue weighted by Crippen LogP contribution is 2.42. The molecule has 2 unspecified atom stereocenters. The Balaban J connectivity index is 0.000000451. The average Bonchev–Trinajstić information content (AvgIpc) is 3.74. The molecule has 0 aliphatic heterocycles. The van der Waals surface area contributed by atoms with E-state index in [0.717, 1.165) is 75.0 Å². The van der Waals surface area contributed by atoms with Crippen LogP contribution >= 0.6 is 11.6 Å². The van der Waals surface area contributed by atoms with Crippen molar-refractivity contribution in [1.29, 1.82) is 0 Å². The lowest BCUT2D eigenvalue weighted by Gasteiger charge is -2.35. The van der Waals surface area contributed by atoms with Crippen LogP contribution in [-0.4, -0.2) is 62.7 Å². The fraction of sp³-hybridized carbons (Fsp3) is 0.542. The molecule has 0 bridgehead atoms. The third-order valence-corrected chi connectivity index (χ3v) is 11.9. The number of hydrogen-bond acceptors (Lipinski definition) is 7. The van der Waals surface area contributed by atoms with Gasteiger partial charge in [-0.1, -0.05) is 84.7 Å². The number of amides is 3. The number of methoxy groups -OCH3 is 2. The van der Waals surface area contributed by atoms with E-state index in [1.807, 2.05) is 13.0 Å². The maximum atomic E-state index is 15.3. The van der Waals surface area contributed by atoms with Crippen molar-refractivity contribution in [3.8, 4) is 28.3 Å². The molecule has 10 nitrogen and oxygen atoms in total. The first-order valence-corrected chi connectivity index (χ1v) is 21.9. The minimum Gasteiger partial charge on any atom is -0.481 e. The standard InChI is InChI=1S/C28H28ClFN4O3.C16H33NO.C4H10O/c1-15-17(7-5-9-22(15)33-27(36)20(12-13-31)26(35)32-2)24-21(30)11-10-19(25(24)29)23-14-16-6-4-8-18(16)28(34-23)37-3;1-7-13(5)11-12-16(9-3,10-4)17-15(18)14(6)8-2;1-3-4-5-2/h5,7,9-12,14H,4,6,8,13,31H2,1-3H3,(H,32,35)(H,33,36);13-14H,7-12H2,1-6H3,(H,17,18);3-4H2,1-2H3/b20-12+;;. The Hall–Kier alpha value is -4.32. The fourth-order valence-corrected chi connectivity index (χ4v) is 7.32. The molecule has 4 rings (SSSR count). The van der Waals surface area contributed by atoms with Gasteiger partial charge in [-0.05, 0) is 112 Å². The molecule has 3 aromatic rings.